The lowest BCUT2D eigenvalue weighted by Crippen LogP contribution is -2.23. The minimum absolute atomic E-state index is 0.106. The lowest BCUT2D eigenvalue weighted by atomic mass is 10.2. The van der Waals surface area contributed by atoms with Crippen LogP contribution in [0.1, 0.15) is 32.6 Å². The second kappa shape index (κ2) is 11.1. The van der Waals surface area contributed by atoms with Crippen molar-refractivity contribution in [3.63, 3.8) is 0 Å². The number of fused-ring (bicyclic) bond motifs is 1. The number of ether oxygens (including phenoxy) is 1. The summed E-state index contributed by atoms with van der Waals surface area (Å²) >= 11 is 0. The van der Waals surface area contributed by atoms with E-state index < -0.39 is 6.09 Å². The average Bonchev–Trinajstić information content (AvgIpc) is 3.43. The summed E-state index contributed by atoms with van der Waals surface area (Å²) in [6, 6.07) is 8.21. The van der Waals surface area contributed by atoms with E-state index >= 15 is 0 Å². The van der Waals surface area contributed by atoms with E-state index in [0.717, 1.165) is 11.4 Å². The Labute approximate surface area is 179 Å². The lowest BCUT2D eigenvalue weighted by molar-refractivity contribution is 0.190. The number of anilines is 1. The van der Waals surface area contributed by atoms with Gasteiger partial charge in [0.2, 0.25) is 5.95 Å². The zero-order valence-electron chi connectivity index (χ0n) is 17.4. The Balaban J connectivity index is 0.000000339. The maximum Gasteiger partial charge on any atom is 0.404 e. The molecule has 0 saturated heterocycles. The Morgan fingerprint density at radius 2 is 2.00 bits per heavy atom. The number of amides is 1. The van der Waals surface area contributed by atoms with Crippen LogP contribution in [0, 0.1) is 0 Å². The molecule has 31 heavy (non-hydrogen) atoms. The van der Waals surface area contributed by atoms with Crippen LogP contribution in [0.2, 0.25) is 0 Å². The highest BCUT2D eigenvalue weighted by molar-refractivity contribution is 5.72. The maximum atomic E-state index is 9.54. The highest BCUT2D eigenvalue weighted by atomic mass is 16.5. The van der Waals surface area contributed by atoms with Crippen molar-refractivity contribution in [3.05, 3.63) is 30.5 Å². The third-order valence-corrected chi connectivity index (χ3v) is 4.66. The number of benzene rings is 1. The summed E-state index contributed by atoms with van der Waals surface area (Å²) in [4.78, 5) is 18.5. The van der Waals surface area contributed by atoms with Crippen molar-refractivity contribution in [1.29, 1.82) is 0 Å². The van der Waals surface area contributed by atoms with Crippen LogP contribution in [-0.4, -0.2) is 67.1 Å². The van der Waals surface area contributed by atoms with Crippen LogP contribution in [0.25, 0.3) is 16.9 Å². The predicted molar refractivity (Wildman–Crippen MR) is 115 cm³/mol. The molecule has 166 valence electrons. The maximum absolute atomic E-state index is 9.54. The second-order valence-corrected chi connectivity index (χ2v) is 6.91. The van der Waals surface area contributed by atoms with E-state index in [1.54, 1.807) is 10.9 Å². The summed E-state index contributed by atoms with van der Waals surface area (Å²) in [7, 11) is 0. The Bertz CT molecular complexity index is 971. The second-order valence-electron chi connectivity index (χ2n) is 6.91. The van der Waals surface area contributed by atoms with Gasteiger partial charge in [0.25, 0.3) is 0 Å². The molecule has 1 aliphatic rings. The Hall–Kier alpha value is -3.47. The van der Waals surface area contributed by atoms with Crippen LogP contribution in [0.15, 0.2) is 30.5 Å². The minimum Gasteiger partial charge on any atom is -0.494 e. The Morgan fingerprint density at radius 3 is 2.61 bits per heavy atom. The van der Waals surface area contributed by atoms with Crippen LogP contribution in [0.4, 0.5) is 10.7 Å². The van der Waals surface area contributed by atoms with E-state index in [1.807, 2.05) is 36.5 Å². The van der Waals surface area contributed by atoms with Crippen molar-refractivity contribution in [2.75, 3.05) is 25.1 Å². The molecule has 11 nitrogen and oxygen atoms in total. The van der Waals surface area contributed by atoms with Gasteiger partial charge in [-0.2, -0.15) is 9.67 Å². The van der Waals surface area contributed by atoms with Gasteiger partial charge in [0, 0.05) is 12.6 Å². The van der Waals surface area contributed by atoms with Gasteiger partial charge in [-0.05, 0) is 44.0 Å². The van der Waals surface area contributed by atoms with E-state index in [2.05, 4.69) is 25.6 Å². The molecule has 0 atom stereocenters. The molecule has 1 amide bonds. The van der Waals surface area contributed by atoms with Crippen molar-refractivity contribution in [2.45, 2.75) is 38.6 Å². The molecule has 0 spiro atoms. The molecule has 1 aromatic carbocycles. The average molecular weight is 429 g/mol. The van der Waals surface area contributed by atoms with Gasteiger partial charge >= 0.3 is 6.09 Å². The first-order chi connectivity index (χ1) is 15.1. The van der Waals surface area contributed by atoms with Crippen molar-refractivity contribution >= 4 is 23.2 Å². The minimum atomic E-state index is -1.10. The molecular weight excluding hydrogens is 402 g/mol. The molecule has 0 bridgehead atoms. The first kappa shape index (κ1) is 22.2. The van der Waals surface area contributed by atoms with Gasteiger partial charge in [-0.25, -0.2) is 9.78 Å². The lowest BCUT2D eigenvalue weighted by Gasteiger charge is -2.11. The third kappa shape index (κ3) is 6.25. The number of hydrogen-bond acceptors (Lipinski definition) is 8. The van der Waals surface area contributed by atoms with Crippen LogP contribution < -0.4 is 15.4 Å². The first-order valence-corrected chi connectivity index (χ1v) is 10.3. The van der Waals surface area contributed by atoms with Gasteiger partial charge < -0.3 is 25.6 Å². The van der Waals surface area contributed by atoms with Gasteiger partial charge in [0.1, 0.15) is 5.75 Å². The number of nitrogens with zero attached hydrogens (tertiary/aromatic N) is 5. The number of nitrogens with one attached hydrogen (secondary N) is 2. The van der Waals surface area contributed by atoms with Gasteiger partial charge in [0.15, 0.2) is 11.2 Å². The topological polar surface area (TPSA) is 147 Å². The van der Waals surface area contributed by atoms with E-state index in [4.69, 9.17) is 14.9 Å². The number of aromatic nitrogens is 5. The van der Waals surface area contributed by atoms with E-state index in [1.165, 1.54) is 25.7 Å². The molecule has 4 rings (SSSR count). The Morgan fingerprint density at radius 1 is 1.26 bits per heavy atom. The first-order valence-electron chi connectivity index (χ1n) is 10.3. The molecule has 1 aliphatic carbocycles. The molecule has 2 aromatic heterocycles. The molecule has 0 aliphatic heterocycles. The fraction of sp³-hybridized carbons (Fsp3) is 0.450. The molecule has 4 N–H and O–H groups in total. The van der Waals surface area contributed by atoms with Crippen molar-refractivity contribution in [3.8, 4) is 11.4 Å². The van der Waals surface area contributed by atoms with Crippen molar-refractivity contribution < 1.29 is 19.7 Å². The number of aliphatic hydroxyl groups excluding tert-OH is 1. The Kier molecular flexibility index (Phi) is 7.93. The standard InChI is InChI=1S/C17H20N6O.C3H7NO3/c1-2-24-14-9-7-13(8-10-14)23-16-15(21-22-23)11-18-17(20-16)19-12-5-3-4-6-12;5-2-1-4-3(6)7/h7-12H,2-6H2,1H3,(H,18,19,20);4-5H,1-2H2,(H,6,7). The molecule has 1 fully saturated rings. The largest absolute Gasteiger partial charge is 0.494 e. The van der Waals surface area contributed by atoms with Crippen LogP contribution in [0.3, 0.4) is 0 Å². The number of aliphatic hydroxyl groups is 1. The van der Waals surface area contributed by atoms with Crippen molar-refractivity contribution in [2.24, 2.45) is 0 Å². The summed E-state index contributed by atoms with van der Waals surface area (Å²) < 4.78 is 7.21. The smallest absolute Gasteiger partial charge is 0.404 e. The zero-order valence-corrected chi connectivity index (χ0v) is 17.4. The summed E-state index contributed by atoms with van der Waals surface area (Å²) in [5.74, 6) is 1.48. The SMILES string of the molecule is CCOc1ccc(-n2nnc3cnc(NC4CCCC4)nc32)cc1.O=C(O)NCCO. The van der Waals surface area contributed by atoms with Gasteiger partial charge in [-0.1, -0.05) is 18.1 Å². The normalized spacial score (nSPS) is 13.5. The monoisotopic (exact) mass is 429 g/mol. The highest BCUT2D eigenvalue weighted by Gasteiger charge is 2.17. The molecule has 3 aromatic rings. The zero-order chi connectivity index (χ0) is 22.1. The fourth-order valence-corrected chi connectivity index (χ4v) is 3.24. The molecule has 0 radical (unpaired) electrons. The van der Waals surface area contributed by atoms with Gasteiger partial charge in [-0.3, -0.25) is 0 Å². The fourth-order valence-electron chi connectivity index (χ4n) is 3.24. The van der Waals surface area contributed by atoms with E-state index in [0.29, 0.717) is 29.8 Å². The number of hydrogen-bond donors (Lipinski definition) is 4. The van der Waals surface area contributed by atoms with Gasteiger partial charge in [0.05, 0.1) is 25.1 Å². The van der Waals surface area contributed by atoms with Crippen LogP contribution >= 0.6 is 0 Å². The quantitative estimate of drug-likeness (QED) is 0.444. The summed E-state index contributed by atoms with van der Waals surface area (Å²) in [6.45, 7) is 2.57. The predicted octanol–water partition coefficient (Wildman–Crippen LogP) is 2.21. The number of carboxylic acid groups (broad SMARTS) is 1. The molecule has 1 saturated carbocycles. The summed E-state index contributed by atoms with van der Waals surface area (Å²) in [5.41, 5.74) is 2.28. The van der Waals surface area contributed by atoms with E-state index in [-0.39, 0.29) is 13.2 Å². The number of carbonyl (C=O) groups is 1. The van der Waals surface area contributed by atoms with Gasteiger partial charge in [-0.15, -0.1) is 5.10 Å². The molecule has 0 unspecified atom stereocenters. The molecule has 2 heterocycles. The third-order valence-electron chi connectivity index (χ3n) is 4.66. The molecular formula is C20H27N7O4. The van der Waals surface area contributed by atoms with Crippen molar-refractivity contribution in [1.82, 2.24) is 30.3 Å². The summed E-state index contributed by atoms with van der Waals surface area (Å²) in [5, 5.41) is 29.6. The summed E-state index contributed by atoms with van der Waals surface area (Å²) in [6.07, 6.45) is 5.51. The highest BCUT2D eigenvalue weighted by Crippen LogP contribution is 2.22. The van der Waals surface area contributed by atoms with Crippen LogP contribution in [-0.2, 0) is 0 Å². The molecule has 11 heteroatoms. The number of rotatable bonds is 7. The van der Waals surface area contributed by atoms with E-state index in [9.17, 15) is 4.79 Å². The van der Waals surface area contributed by atoms with Crippen LogP contribution in [0.5, 0.6) is 5.75 Å².